The molecule has 2 rings (SSSR count). The molecule has 5 nitrogen and oxygen atoms in total. The molecule has 2 heterocycles. The second-order valence-electron chi connectivity index (χ2n) is 5.47. The van der Waals surface area contributed by atoms with Gasteiger partial charge in [0.25, 0.3) is 0 Å². The normalized spacial score (nSPS) is 26.3. The van der Waals surface area contributed by atoms with Gasteiger partial charge in [-0.25, -0.2) is 4.98 Å². The van der Waals surface area contributed by atoms with Crippen molar-refractivity contribution in [3.8, 4) is 6.07 Å². The predicted octanol–water partition coefficient (Wildman–Crippen LogP) is 1.30. The first kappa shape index (κ1) is 14.8. The van der Waals surface area contributed by atoms with Crippen LogP contribution in [0.1, 0.15) is 31.7 Å². The number of rotatable bonds is 4. The van der Waals surface area contributed by atoms with Crippen LogP contribution in [0.15, 0.2) is 18.3 Å². The molecule has 0 amide bonds. The lowest BCUT2D eigenvalue weighted by Crippen LogP contribution is -2.53. The van der Waals surface area contributed by atoms with Gasteiger partial charge in [0.2, 0.25) is 0 Å². The van der Waals surface area contributed by atoms with E-state index in [0.29, 0.717) is 30.9 Å². The Morgan fingerprint density at radius 3 is 3.00 bits per heavy atom. The molecule has 5 heteroatoms. The van der Waals surface area contributed by atoms with E-state index in [1.807, 2.05) is 4.90 Å². The summed E-state index contributed by atoms with van der Waals surface area (Å²) >= 11 is 0. The van der Waals surface area contributed by atoms with E-state index in [0.717, 1.165) is 12.8 Å². The van der Waals surface area contributed by atoms with Crippen molar-refractivity contribution >= 4 is 5.82 Å². The van der Waals surface area contributed by atoms with Crippen LogP contribution in [0.5, 0.6) is 0 Å². The Bertz CT molecular complexity index is 500. The summed E-state index contributed by atoms with van der Waals surface area (Å²) in [4.78, 5) is 6.19. The molecule has 1 aromatic heterocycles. The topological polar surface area (TPSA) is 80.4 Å². The molecule has 2 atom stereocenters. The van der Waals surface area contributed by atoms with E-state index in [1.54, 1.807) is 18.3 Å². The summed E-state index contributed by atoms with van der Waals surface area (Å²) in [5.74, 6) is 0.622. The number of nitriles is 1. The average Bonchev–Trinajstić information content (AvgIpc) is 2.49. The van der Waals surface area contributed by atoms with Crippen LogP contribution < -0.4 is 4.90 Å². The molecular weight excluding hydrogens is 254 g/mol. The van der Waals surface area contributed by atoms with Crippen molar-refractivity contribution in [1.29, 1.82) is 5.26 Å². The summed E-state index contributed by atoms with van der Waals surface area (Å²) in [6.45, 7) is 3.17. The molecule has 1 aliphatic heterocycles. The molecule has 0 spiro atoms. The summed E-state index contributed by atoms with van der Waals surface area (Å²) in [5.41, 5.74) is 0.110. The molecule has 0 aromatic carbocycles. The highest BCUT2D eigenvalue weighted by molar-refractivity contribution is 5.53. The Morgan fingerprint density at radius 2 is 2.40 bits per heavy atom. The summed E-state index contributed by atoms with van der Waals surface area (Å²) in [6, 6.07) is 5.60. The first-order valence-corrected chi connectivity index (χ1v) is 7.06. The van der Waals surface area contributed by atoms with Gasteiger partial charge in [0.1, 0.15) is 11.9 Å². The molecule has 0 radical (unpaired) electrons. The Labute approximate surface area is 119 Å². The number of nitrogens with zero attached hydrogens (tertiary/aromatic N) is 3. The maximum Gasteiger partial charge on any atom is 0.146 e. The fourth-order valence-corrected chi connectivity index (χ4v) is 3.00. The van der Waals surface area contributed by atoms with Gasteiger partial charge in [-0.15, -0.1) is 0 Å². The number of piperidine rings is 1. The third-order valence-corrected chi connectivity index (χ3v) is 4.25. The van der Waals surface area contributed by atoms with Gasteiger partial charge in [-0.05, 0) is 25.0 Å². The first-order valence-electron chi connectivity index (χ1n) is 7.06. The quantitative estimate of drug-likeness (QED) is 0.866. The van der Waals surface area contributed by atoms with Crippen molar-refractivity contribution in [2.45, 2.75) is 32.3 Å². The highest BCUT2D eigenvalue weighted by Gasteiger charge is 2.41. The molecule has 1 saturated heterocycles. The zero-order valence-corrected chi connectivity index (χ0v) is 11.8. The number of anilines is 1. The molecule has 1 fully saturated rings. The maximum absolute atomic E-state index is 10.4. The second kappa shape index (κ2) is 6.21. The second-order valence-corrected chi connectivity index (χ2v) is 5.47. The van der Waals surface area contributed by atoms with Gasteiger partial charge in [-0.2, -0.15) is 5.26 Å². The van der Waals surface area contributed by atoms with E-state index in [1.165, 1.54) is 0 Å². The van der Waals surface area contributed by atoms with Crippen molar-refractivity contribution in [2.75, 3.05) is 24.6 Å². The van der Waals surface area contributed by atoms with Gasteiger partial charge in [-0.1, -0.05) is 13.3 Å². The number of aliphatic hydroxyl groups is 2. The molecule has 0 aliphatic carbocycles. The lowest BCUT2D eigenvalue weighted by atomic mass is 9.73. The SMILES string of the molecule is CCC[C@]1(CO)CCN(c2ncccc2C#N)C[C@H]1O. The number of hydrogen-bond acceptors (Lipinski definition) is 5. The van der Waals surface area contributed by atoms with Crippen LogP contribution in [0.4, 0.5) is 5.82 Å². The zero-order valence-electron chi connectivity index (χ0n) is 11.8. The fourth-order valence-electron chi connectivity index (χ4n) is 3.00. The predicted molar refractivity (Wildman–Crippen MR) is 76.2 cm³/mol. The van der Waals surface area contributed by atoms with Crippen LogP contribution in [0.3, 0.4) is 0 Å². The van der Waals surface area contributed by atoms with E-state index < -0.39 is 11.5 Å². The lowest BCUT2D eigenvalue weighted by Gasteiger charge is -2.45. The minimum absolute atomic E-state index is 0.00315. The van der Waals surface area contributed by atoms with Crippen LogP contribution in [0.25, 0.3) is 0 Å². The standard InChI is InChI=1S/C15H21N3O2/c1-2-5-15(11-19)6-8-18(10-13(15)20)14-12(9-16)4-3-7-17-14/h3-4,7,13,19-20H,2,5-6,8,10-11H2,1H3/t13-,15-/m1/s1. The lowest BCUT2D eigenvalue weighted by molar-refractivity contribution is -0.0372. The van der Waals surface area contributed by atoms with Gasteiger partial charge in [0.05, 0.1) is 18.3 Å². The van der Waals surface area contributed by atoms with Crippen molar-refractivity contribution in [3.05, 3.63) is 23.9 Å². The van der Waals surface area contributed by atoms with E-state index in [4.69, 9.17) is 5.26 Å². The Morgan fingerprint density at radius 1 is 1.60 bits per heavy atom. The molecule has 2 N–H and O–H groups in total. The molecular formula is C15H21N3O2. The third kappa shape index (κ3) is 2.62. The number of aromatic nitrogens is 1. The molecule has 0 unspecified atom stereocenters. The monoisotopic (exact) mass is 275 g/mol. The Balaban J connectivity index is 2.19. The summed E-state index contributed by atoms with van der Waals surface area (Å²) in [7, 11) is 0. The average molecular weight is 275 g/mol. The molecule has 1 aromatic rings. The zero-order chi connectivity index (χ0) is 14.6. The number of aliphatic hydroxyl groups excluding tert-OH is 2. The minimum atomic E-state index is -0.602. The maximum atomic E-state index is 10.4. The van der Waals surface area contributed by atoms with E-state index in [-0.39, 0.29) is 6.61 Å². The number of hydrogen-bond donors (Lipinski definition) is 2. The van der Waals surface area contributed by atoms with Crippen LogP contribution in [-0.2, 0) is 0 Å². The highest BCUT2D eigenvalue weighted by atomic mass is 16.3. The van der Waals surface area contributed by atoms with Crippen molar-refractivity contribution in [2.24, 2.45) is 5.41 Å². The largest absolute Gasteiger partial charge is 0.396 e. The molecule has 108 valence electrons. The van der Waals surface area contributed by atoms with E-state index in [2.05, 4.69) is 18.0 Å². The Hall–Kier alpha value is -1.64. The smallest absolute Gasteiger partial charge is 0.146 e. The summed E-state index contributed by atoms with van der Waals surface area (Å²) < 4.78 is 0. The van der Waals surface area contributed by atoms with Crippen molar-refractivity contribution < 1.29 is 10.2 Å². The van der Waals surface area contributed by atoms with Gasteiger partial charge in [0.15, 0.2) is 0 Å². The van der Waals surface area contributed by atoms with Crippen LogP contribution in [0, 0.1) is 16.7 Å². The fraction of sp³-hybridized carbons (Fsp3) is 0.600. The number of β-amino-alcohol motifs (C(OH)–C–C–N with tert-alkyl or cyclic N) is 1. The van der Waals surface area contributed by atoms with Gasteiger partial charge < -0.3 is 15.1 Å². The van der Waals surface area contributed by atoms with Gasteiger partial charge in [0, 0.05) is 24.7 Å². The number of pyridine rings is 1. The summed E-state index contributed by atoms with van der Waals surface area (Å²) in [6.07, 6.45) is 3.51. The van der Waals surface area contributed by atoms with Gasteiger partial charge >= 0.3 is 0 Å². The molecule has 1 aliphatic rings. The molecule has 0 bridgehead atoms. The minimum Gasteiger partial charge on any atom is -0.396 e. The van der Waals surface area contributed by atoms with E-state index in [9.17, 15) is 10.2 Å². The van der Waals surface area contributed by atoms with Gasteiger partial charge in [-0.3, -0.25) is 0 Å². The molecule has 20 heavy (non-hydrogen) atoms. The van der Waals surface area contributed by atoms with Crippen LogP contribution >= 0.6 is 0 Å². The highest BCUT2D eigenvalue weighted by Crippen LogP contribution is 2.37. The van der Waals surface area contributed by atoms with E-state index >= 15 is 0 Å². The summed E-state index contributed by atoms with van der Waals surface area (Å²) in [5, 5.41) is 29.2. The van der Waals surface area contributed by atoms with Crippen LogP contribution in [0.2, 0.25) is 0 Å². The molecule has 0 saturated carbocycles. The van der Waals surface area contributed by atoms with Crippen molar-refractivity contribution in [1.82, 2.24) is 4.98 Å². The Kier molecular flexibility index (Phi) is 4.58. The van der Waals surface area contributed by atoms with Crippen molar-refractivity contribution in [3.63, 3.8) is 0 Å². The first-order chi connectivity index (χ1) is 9.66. The third-order valence-electron chi connectivity index (χ3n) is 4.25. The van der Waals surface area contributed by atoms with Crippen LogP contribution in [-0.4, -0.2) is 41.0 Å².